The number of halogens is 8. The minimum Gasteiger partial charge on any atom is -0.418 e. The third-order valence-corrected chi connectivity index (χ3v) is 6.90. The third kappa shape index (κ3) is 16.2. The van der Waals surface area contributed by atoms with Crippen molar-refractivity contribution in [2.75, 3.05) is 123 Å². The molecule has 0 aliphatic carbocycles. The van der Waals surface area contributed by atoms with Gasteiger partial charge in [0.25, 0.3) is 0 Å². The zero-order valence-electron chi connectivity index (χ0n) is 34.9. The molecule has 0 spiro atoms. The second-order valence-corrected chi connectivity index (χ2v) is 13.8. The van der Waals surface area contributed by atoms with Crippen LogP contribution < -0.4 is 10.6 Å². The smallest absolute Gasteiger partial charge is 0.418 e. The van der Waals surface area contributed by atoms with E-state index in [9.17, 15) is 34.5 Å². The predicted octanol–water partition coefficient (Wildman–Crippen LogP) is 4.81. The molecule has 0 aliphatic rings. The van der Waals surface area contributed by atoms with E-state index in [1.807, 2.05) is 176 Å². The maximum atomic E-state index is 9.75. The SMILES string of the molecule is CN(C)C(=Nc1cc2nc3cc(N=C(N(C)C)N(C)C)c(NC(N(C)C)=[N+](C)C)cc3nc2cc1NC(N(C)C)=[N+](C)C)N(C)C.F[B-](F)(F)F.F[B-](F)(F)F. The standard InChI is InChI=1S/C32H52N14.2BF4/c1-39(2)29(40(3)4)35-25-17-21-22(18-26(25)36-30(41(5)6)42(7)8)34-24-20-28(38-32(45(13)14)46(15)16)27(19-23(24)33-21)37-31(43(9)10)44(11)12;2*2-1(3,4)5/h17-20H,1-16H3;;/q;2*-1/p+2. The van der Waals surface area contributed by atoms with Gasteiger partial charge in [-0.25, -0.2) is 30.6 Å². The summed E-state index contributed by atoms with van der Waals surface area (Å²) in [6.07, 6.45) is 0. The first kappa shape index (κ1) is 48.7. The zero-order valence-corrected chi connectivity index (χ0v) is 34.9. The summed E-state index contributed by atoms with van der Waals surface area (Å²) in [4.78, 5) is 32.4. The van der Waals surface area contributed by atoms with Crippen molar-refractivity contribution < 1.29 is 43.7 Å². The number of hydrogen-bond donors (Lipinski definition) is 2. The van der Waals surface area contributed by atoms with Gasteiger partial charge in [-0.3, -0.25) is 19.0 Å². The van der Waals surface area contributed by atoms with Crippen LogP contribution in [0.2, 0.25) is 0 Å². The molecule has 0 saturated carbocycles. The lowest BCUT2D eigenvalue weighted by molar-refractivity contribution is -0.469. The Morgan fingerprint density at radius 2 is 0.696 bits per heavy atom. The average molecular weight is 808 g/mol. The summed E-state index contributed by atoms with van der Waals surface area (Å²) in [5.41, 5.74) is 6.08. The number of nitrogens with zero attached hydrogens (tertiary/aromatic N) is 12. The monoisotopic (exact) mass is 808 g/mol. The first-order valence-corrected chi connectivity index (χ1v) is 16.8. The molecule has 3 rings (SSSR count). The molecule has 0 amide bonds. The minimum absolute atomic E-state index is 0.731. The molecular formula is C32H54B2F8N14. The fourth-order valence-electron chi connectivity index (χ4n) is 5.04. The highest BCUT2D eigenvalue weighted by molar-refractivity contribution is 6.50. The number of fused-ring (bicyclic) bond motifs is 2. The fourth-order valence-corrected chi connectivity index (χ4v) is 5.04. The van der Waals surface area contributed by atoms with Gasteiger partial charge in [0.1, 0.15) is 22.7 Å². The highest BCUT2D eigenvalue weighted by Crippen LogP contribution is 2.34. The Bertz CT molecular complexity index is 1750. The van der Waals surface area contributed by atoms with Crippen molar-refractivity contribution in [2.24, 2.45) is 9.98 Å². The second-order valence-electron chi connectivity index (χ2n) is 13.8. The molecule has 0 aliphatic heterocycles. The number of rotatable bonds is 4. The molecule has 0 atom stereocenters. The lowest BCUT2D eigenvalue weighted by Gasteiger charge is -2.23. The van der Waals surface area contributed by atoms with Crippen LogP contribution in [-0.2, 0) is 0 Å². The maximum Gasteiger partial charge on any atom is 0.673 e. The van der Waals surface area contributed by atoms with E-state index in [1.54, 1.807) is 0 Å². The van der Waals surface area contributed by atoms with E-state index < -0.39 is 14.5 Å². The summed E-state index contributed by atoms with van der Waals surface area (Å²) in [6.45, 7) is 0. The number of benzene rings is 2. The fraction of sp³-hybridized carbons (Fsp3) is 0.500. The van der Waals surface area contributed by atoms with Crippen molar-refractivity contribution in [2.45, 2.75) is 0 Å². The number of nitrogens with one attached hydrogen (secondary N) is 2. The molecule has 0 unspecified atom stereocenters. The quantitative estimate of drug-likeness (QED) is 0.0956. The Morgan fingerprint density at radius 3 is 0.893 bits per heavy atom. The van der Waals surface area contributed by atoms with E-state index in [4.69, 9.17) is 20.0 Å². The molecule has 3 aromatic rings. The Hall–Kier alpha value is -5.31. The molecule has 14 nitrogen and oxygen atoms in total. The number of hydrogen-bond acceptors (Lipinski definition) is 4. The van der Waals surface area contributed by atoms with Crippen LogP contribution in [0.15, 0.2) is 34.3 Å². The van der Waals surface area contributed by atoms with E-state index in [-0.39, 0.29) is 0 Å². The maximum absolute atomic E-state index is 9.75. The van der Waals surface area contributed by atoms with Crippen LogP contribution in [0.25, 0.3) is 22.1 Å². The van der Waals surface area contributed by atoms with Gasteiger partial charge in [0, 0.05) is 68.5 Å². The number of anilines is 2. The number of guanidine groups is 4. The van der Waals surface area contributed by atoms with Crippen LogP contribution in [0.1, 0.15) is 0 Å². The topological polar surface area (TPSA) is 100 Å². The molecule has 1 aromatic heterocycles. The highest BCUT2D eigenvalue weighted by atomic mass is 19.5. The van der Waals surface area contributed by atoms with E-state index in [0.29, 0.717) is 0 Å². The number of aromatic nitrogens is 2. The highest BCUT2D eigenvalue weighted by Gasteiger charge is 2.23. The Balaban J connectivity index is 0.00000139. The first-order valence-electron chi connectivity index (χ1n) is 16.8. The summed E-state index contributed by atoms with van der Waals surface area (Å²) < 4.78 is 82.1. The third-order valence-electron chi connectivity index (χ3n) is 6.90. The van der Waals surface area contributed by atoms with Gasteiger partial charge < -0.3 is 54.1 Å². The minimum atomic E-state index is -6.00. The Kier molecular flexibility index (Phi) is 17.4. The van der Waals surface area contributed by atoms with Crippen LogP contribution in [0, 0.1) is 0 Å². The summed E-state index contributed by atoms with van der Waals surface area (Å²) in [6, 6.07) is 8.01. The largest absolute Gasteiger partial charge is 0.673 e. The van der Waals surface area contributed by atoms with Gasteiger partial charge in [0.05, 0.1) is 78.4 Å². The van der Waals surface area contributed by atoms with E-state index in [1.165, 1.54) is 0 Å². The van der Waals surface area contributed by atoms with Crippen LogP contribution >= 0.6 is 0 Å². The van der Waals surface area contributed by atoms with E-state index in [2.05, 4.69) is 10.6 Å². The Labute approximate surface area is 323 Å². The van der Waals surface area contributed by atoms with Gasteiger partial charge in [0.15, 0.2) is 0 Å². The predicted molar refractivity (Wildman–Crippen MR) is 215 cm³/mol. The summed E-state index contributed by atoms with van der Waals surface area (Å²) in [5, 5.41) is 7.17. The molecule has 0 radical (unpaired) electrons. The van der Waals surface area contributed by atoms with Gasteiger partial charge in [0.2, 0.25) is 11.9 Å². The normalized spacial score (nSPS) is 10.9. The summed E-state index contributed by atoms with van der Waals surface area (Å²) >= 11 is 0. The molecule has 2 aromatic carbocycles. The molecule has 1 heterocycles. The zero-order chi connectivity index (χ0) is 43.6. The molecule has 0 fully saturated rings. The van der Waals surface area contributed by atoms with E-state index >= 15 is 0 Å². The lowest BCUT2D eigenvalue weighted by Crippen LogP contribution is -2.36. The molecule has 56 heavy (non-hydrogen) atoms. The molecule has 314 valence electrons. The lowest BCUT2D eigenvalue weighted by atomic mass is 10.2. The Morgan fingerprint density at radius 1 is 0.464 bits per heavy atom. The van der Waals surface area contributed by atoms with Crippen molar-refractivity contribution in [3.05, 3.63) is 24.3 Å². The van der Waals surface area contributed by atoms with Gasteiger partial charge in [-0.05, 0) is 12.1 Å². The van der Waals surface area contributed by atoms with Crippen LogP contribution in [0.5, 0.6) is 0 Å². The van der Waals surface area contributed by atoms with Crippen LogP contribution in [-0.4, -0.2) is 200 Å². The molecule has 0 bridgehead atoms. The first-order chi connectivity index (χ1) is 25.4. The van der Waals surface area contributed by atoms with Gasteiger partial charge in [-0.1, -0.05) is 0 Å². The van der Waals surface area contributed by atoms with Crippen LogP contribution in [0.4, 0.5) is 57.3 Å². The average Bonchev–Trinajstić information content (AvgIpc) is 2.99. The van der Waals surface area contributed by atoms with Gasteiger partial charge in [-0.15, -0.1) is 0 Å². The van der Waals surface area contributed by atoms with Gasteiger partial charge in [-0.2, -0.15) is 0 Å². The molecule has 0 saturated heterocycles. The van der Waals surface area contributed by atoms with E-state index in [0.717, 1.165) is 68.7 Å². The van der Waals surface area contributed by atoms with Crippen LogP contribution in [0.3, 0.4) is 0 Å². The van der Waals surface area contributed by atoms with Crippen molar-refractivity contribution in [3.63, 3.8) is 0 Å². The van der Waals surface area contributed by atoms with Crippen molar-refractivity contribution >= 4 is 83.2 Å². The van der Waals surface area contributed by atoms with Crippen molar-refractivity contribution in [1.82, 2.24) is 39.4 Å². The van der Waals surface area contributed by atoms with Crippen molar-refractivity contribution in [1.29, 1.82) is 0 Å². The molecular weight excluding hydrogens is 754 g/mol. The number of aliphatic imine (C=N–C) groups is 2. The van der Waals surface area contributed by atoms with Crippen molar-refractivity contribution in [3.8, 4) is 0 Å². The van der Waals surface area contributed by atoms with Gasteiger partial charge >= 0.3 is 26.4 Å². The second kappa shape index (κ2) is 20.0. The summed E-state index contributed by atoms with van der Waals surface area (Å²) in [5.74, 6) is 3.41. The molecule has 24 heteroatoms. The molecule has 2 N–H and O–H groups in total. The summed E-state index contributed by atoms with van der Waals surface area (Å²) in [7, 11) is 19.9.